The first kappa shape index (κ1) is 26.0. The highest BCUT2D eigenvalue weighted by molar-refractivity contribution is 14.1. The molecule has 2 amide bonds. The van der Waals surface area contributed by atoms with Crippen LogP contribution in [0.1, 0.15) is 16.7 Å². The highest BCUT2D eigenvalue weighted by Gasteiger charge is 2.35. The number of ether oxygens (including phenoxy) is 3. The second-order valence-corrected chi connectivity index (χ2v) is 10.1. The lowest BCUT2D eigenvalue weighted by Gasteiger charge is -2.14. The summed E-state index contributed by atoms with van der Waals surface area (Å²) in [4.78, 5) is 26.9. The molecule has 1 aliphatic heterocycles. The van der Waals surface area contributed by atoms with E-state index in [4.69, 9.17) is 14.2 Å². The molecule has 0 aromatic heterocycles. The molecular formula is C27H23FINO5S. The summed E-state index contributed by atoms with van der Waals surface area (Å²) in [6, 6.07) is 17.3. The minimum Gasteiger partial charge on any atom is -0.493 e. The van der Waals surface area contributed by atoms with E-state index in [-0.39, 0.29) is 36.7 Å². The number of amides is 2. The van der Waals surface area contributed by atoms with Crippen molar-refractivity contribution in [1.29, 1.82) is 0 Å². The van der Waals surface area contributed by atoms with Crippen molar-refractivity contribution in [2.24, 2.45) is 0 Å². The van der Waals surface area contributed by atoms with Gasteiger partial charge in [0.2, 0.25) is 0 Å². The zero-order valence-electron chi connectivity index (χ0n) is 19.6. The summed E-state index contributed by atoms with van der Waals surface area (Å²) >= 11 is 3.02. The number of halogens is 2. The maximum atomic E-state index is 13.1. The van der Waals surface area contributed by atoms with E-state index in [9.17, 15) is 14.0 Å². The lowest BCUT2D eigenvalue weighted by molar-refractivity contribution is -0.123. The molecule has 0 spiro atoms. The minimum atomic E-state index is -0.358. The van der Waals surface area contributed by atoms with Gasteiger partial charge in [0.15, 0.2) is 11.5 Å². The lowest BCUT2D eigenvalue weighted by atomic mass is 10.1. The number of aryl methyl sites for hydroxylation is 1. The van der Waals surface area contributed by atoms with Crippen molar-refractivity contribution in [2.75, 3.05) is 20.3 Å². The number of carbonyl (C=O) groups is 2. The molecule has 0 aliphatic carbocycles. The SMILES string of the molecule is COc1cc(/C=C2\SC(=O)N(CCOc3cccc(C)c3)C2=O)cc(I)c1OCc1ccc(F)cc1. The van der Waals surface area contributed by atoms with Crippen LogP contribution in [0.15, 0.2) is 65.6 Å². The largest absolute Gasteiger partial charge is 0.493 e. The van der Waals surface area contributed by atoms with Crippen LogP contribution in [-0.4, -0.2) is 36.3 Å². The fourth-order valence-corrected chi connectivity index (χ4v) is 5.15. The zero-order valence-corrected chi connectivity index (χ0v) is 22.6. The van der Waals surface area contributed by atoms with E-state index in [0.717, 1.165) is 26.5 Å². The molecule has 1 saturated heterocycles. The first-order chi connectivity index (χ1) is 17.3. The molecule has 1 aliphatic rings. The van der Waals surface area contributed by atoms with Crippen LogP contribution >= 0.6 is 34.4 Å². The van der Waals surface area contributed by atoms with Crippen LogP contribution in [0.2, 0.25) is 0 Å². The van der Waals surface area contributed by atoms with Crippen LogP contribution in [-0.2, 0) is 11.4 Å². The molecule has 0 saturated carbocycles. The Morgan fingerprint density at radius 1 is 1.06 bits per heavy atom. The fraction of sp³-hybridized carbons (Fsp3) is 0.185. The summed E-state index contributed by atoms with van der Waals surface area (Å²) in [6.07, 6.45) is 1.67. The molecule has 0 N–H and O–H groups in total. The third-order valence-electron chi connectivity index (χ3n) is 5.29. The van der Waals surface area contributed by atoms with E-state index < -0.39 is 0 Å². The molecular weight excluding hydrogens is 596 g/mol. The van der Waals surface area contributed by atoms with E-state index in [1.165, 1.54) is 24.1 Å². The van der Waals surface area contributed by atoms with Gasteiger partial charge in [0.1, 0.15) is 24.8 Å². The molecule has 186 valence electrons. The second kappa shape index (κ2) is 11.8. The average Bonchev–Trinajstić information content (AvgIpc) is 3.11. The van der Waals surface area contributed by atoms with Crippen molar-refractivity contribution in [3.05, 3.63) is 91.6 Å². The van der Waals surface area contributed by atoms with Gasteiger partial charge in [-0.3, -0.25) is 14.5 Å². The Morgan fingerprint density at radius 3 is 2.56 bits per heavy atom. The highest BCUT2D eigenvalue weighted by atomic mass is 127. The minimum absolute atomic E-state index is 0.160. The van der Waals surface area contributed by atoms with Gasteiger partial charge in [0, 0.05) is 0 Å². The molecule has 9 heteroatoms. The molecule has 6 nitrogen and oxygen atoms in total. The highest BCUT2D eigenvalue weighted by Crippen LogP contribution is 2.37. The number of benzene rings is 3. The van der Waals surface area contributed by atoms with Crippen molar-refractivity contribution in [3.63, 3.8) is 0 Å². The Balaban J connectivity index is 1.43. The van der Waals surface area contributed by atoms with Crippen LogP contribution < -0.4 is 14.2 Å². The Kier molecular flexibility index (Phi) is 8.52. The number of thioether (sulfide) groups is 1. The smallest absolute Gasteiger partial charge is 0.293 e. The first-order valence-corrected chi connectivity index (χ1v) is 12.9. The van der Waals surface area contributed by atoms with Gasteiger partial charge in [0.05, 0.1) is 22.1 Å². The van der Waals surface area contributed by atoms with E-state index in [2.05, 4.69) is 22.6 Å². The van der Waals surface area contributed by atoms with Gasteiger partial charge in [-0.25, -0.2) is 4.39 Å². The number of hydrogen-bond acceptors (Lipinski definition) is 6. The number of imide groups is 1. The van der Waals surface area contributed by atoms with Gasteiger partial charge in [-0.2, -0.15) is 0 Å². The van der Waals surface area contributed by atoms with E-state index in [1.54, 1.807) is 24.3 Å². The van der Waals surface area contributed by atoms with E-state index in [1.807, 2.05) is 37.3 Å². The number of hydrogen-bond donors (Lipinski definition) is 0. The molecule has 1 heterocycles. The van der Waals surface area contributed by atoms with Crippen LogP contribution in [0.3, 0.4) is 0 Å². The molecule has 4 rings (SSSR count). The predicted octanol–water partition coefficient (Wildman–Crippen LogP) is 6.44. The van der Waals surface area contributed by atoms with Crippen molar-refractivity contribution in [1.82, 2.24) is 4.90 Å². The number of rotatable bonds is 9. The summed E-state index contributed by atoms with van der Waals surface area (Å²) in [5, 5.41) is -0.333. The lowest BCUT2D eigenvalue weighted by Crippen LogP contribution is -2.32. The summed E-state index contributed by atoms with van der Waals surface area (Å²) in [5.74, 6) is 1.06. The first-order valence-electron chi connectivity index (χ1n) is 11.0. The van der Waals surface area contributed by atoms with Crippen LogP contribution in [0.5, 0.6) is 17.2 Å². The monoisotopic (exact) mass is 619 g/mol. The number of methoxy groups -OCH3 is 1. The van der Waals surface area contributed by atoms with Crippen LogP contribution in [0.25, 0.3) is 6.08 Å². The summed E-state index contributed by atoms with van der Waals surface area (Å²) in [7, 11) is 1.53. The maximum Gasteiger partial charge on any atom is 0.293 e. The molecule has 0 unspecified atom stereocenters. The maximum absolute atomic E-state index is 13.1. The number of nitrogens with zero attached hydrogens (tertiary/aromatic N) is 1. The Labute approximate surface area is 226 Å². The molecule has 3 aromatic carbocycles. The second-order valence-electron chi connectivity index (χ2n) is 7.95. The molecule has 36 heavy (non-hydrogen) atoms. The fourth-order valence-electron chi connectivity index (χ4n) is 3.50. The van der Waals surface area contributed by atoms with E-state index in [0.29, 0.717) is 27.7 Å². The molecule has 3 aromatic rings. The molecule has 0 atom stereocenters. The van der Waals surface area contributed by atoms with Crippen molar-refractivity contribution in [3.8, 4) is 17.2 Å². The zero-order chi connectivity index (χ0) is 25.7. The molecule has 1 fully saturated rings. The van der Waals surface area contributed by atoms with Gasteiger partial charge in [-0.05, 0) is 100 Å². The van der Waals surface area contributed by atoms with Gasteiger partial charge in [-0.15, -0.1) is 0 Å². The van der Waals surface area contributed by atoms with Gasteiger partial charge in [-0.1, -0.05) is 24.3 Å². The molecule has 0 bridgehead atoms. The van der Waals surface area contributed by atoms with E-state index >= 15 is 0 Å². The van der Waals surface area contributed by atoms with Crippen molar-refractivity contribution >= 4 is 51.6 Å². The van der Waals surface area contributed by atoms with Crippen LogP contribution in [0, 0.1) is 16.3 Å². The topological polar surface area (TPSA) is 65.1 Å². The Bertz CT molecular complexity index is 1310. The van der Waals surface area contributed by atoms with Crippen molar-refractivity contribution in [2.45, 2.75) is 13.5 Å². The van der Waals surface area contributed by atoms with Crippen molar-refractivity contribution < 1.29 is 28.2 Å². The Morgan fingerprint density at radius 2 is 1.83 bits per heavy atom. The normalized spacial score (nSPS) is 14.4. The summed E-state index contributed by atoms with van der Waals surface area (Å²) < 4.78 is 31.0. The van der Waals surface area contributed by atoms with Gasteiger partial charge in [0.25, 0.3) is 11.1 Å². The van der Waals surface area contributed by atoms with Gasteiger partial charge >= 0.3 is 0 Å². The summed E-state index contributed by atoms with van der Waals surface area (Å²) in [6.45, 7) is 2.58. The molecule has 0 radical (unpaired) electrons. The predicted molar refractivity (Wildman–Crippen MR) is 146 cm³/mol. The number of carbonyl (C=O) groups excluding carboxylic acids is 2. The third kappa shape index (κ3) is 6.38. The summed E-state index contributed by atoms with van der Waals surface area (Å²) in [5.41, 5.74) is 2.59. The Hall–Kier alpha value is -3.05. The standard InChI is InChI=1S/C27H23FINO5S/c1-17-4-3-5-21(12-17)34-11-10-30-26(31)24(36-27(30)32)15-19-13-22(29)25(23(14-19)33-2)35-16-18-6-8-20(28)9-7-18/h3-9,12-15H,10-11,16H2,1-2H3/b24-15-. The van der Waals surface area contributed by atoms with Crippen LogP contribution in [0.4, 0.5) is 9.18 Å². The third-order valence-corrected chi connectivity index (χ3v) is 7.00. The van der Waals surface area contributed by atoms with Gasteiger partial charge < -0.3 is 14.2 Å². The quantitative estimate of drug-likeness (QED) is 0.203. The average molecular weight is 619 g/mol.